The van der Waals surface area contributed by atoms with Crippen LogP contribution < -0.4 is 9.47 Å². The van der Waals surface area contributed by atoms with E-state index in [0.29, 0.717) is 0 Å². The summed E-state index contributed by atoms with van der Waals surface area (Å²) in [4.78, 5) is 2.11. The van der Waals surface area contributed by atoms with Crippen LogP contribution in [0.5, 0.6) is 0 Å². The lowest BCUT2D eigenvalue weighted by atomic mass is 10.1. The molecule has 3 heteroatoms. The molecule has 0 fully saturated rings. The monoisotopic (exact) mass is 361 g/mol. The van der Waals surface area contributed by atoms with Gasteiger partial charge in [0.2, 0.25) is 5.52 Å². The first-order valence-corrected chi connectivity index (χ1v) is 9.56. The molecule has 0 atom stereocenters. The van der Waals surface area contributed by atoms with Crippen molar-refractivity contribution in [3.05, 3.63) is 83.4 Å². The molecule has 2 aromatic carbocycles. The second-order valence-corrected chi connectivity index (χ2v) is 7.58. The van der Waals surface area contributed by atoms with Crippen LogP contribution in [-0.2, 0) is 6.54 Å². The number of anilines is 1. The van der Waals surface area contributed by atoms with Crippen molar-refractivity contribution in [3.63, 3.8) is 0 Å². The summed E-state index contributed by atoms with van der Waals surface area (Å²) in [7, 11) is 4.11. The van der Waals surface area contributed by atoms with E-state index in [2.05, 4.69) is 104 Å². The summed E-state index contributed by atoms with van der Waals surface area (Å²) in [5, 5.41) is 1.25. The van der Waals surface area contributed by atoms with E-state index < -0.39 is 0 Å². The Morgan fingerprint density at radius 1 is 1.12 bits per heavy atom. The minimum Gasteiger partial charge on any atom is -0.378 e. The van der Waals surface area contributed by atoms with Crippen LogP contribution in [0.3, 0.4) is 0 Å². The smallest absolute Gasteiger partial charge is 0.263 e. The van der Waals surface area contributed by atoms with E-state index in [1.165, 1.54) is 32.0 Å². The second-order valence-electron chi connectivity index (χ2n) is 6.51. The first-order chi connectivity index (χ1) is 12.6. The minimum atomic E-state index is 0.818. The van der Waals surface area contributed by atoms with Crippen LogP contribution in [0.2, 0.25) is 0 Å². The molecule has 0 spiro atoms. The maximum absolute atomic E-state index is 3.90. The van der Waals surface area contributed by atoms with E-state index in [-0.39, 0.29) is 0 Å². The number of hydrogen-bond acceptors (Lipinski definition) is 2. The van der Waals surface area contributed by atoms with Crippen molar-refractivity contribution in [2.45, 2.75) is 13.5 Å². The Kier molecular flexibility index (Phi) is 5.69. The van der Waals surface area contributed by atoms with E-state index >= 15 is 0 Å². The van der Waals surface area contributed by atoms with E-state index in [9.17, 15) is 0 Å². The Morgan fingerprint density at radius 3 is 2.54 bits per heavy atom. The van der Waals surface area contributed by atoms with Crippen LogP contribution in [0.1, 0.15) is 17.5 Å². The summed E-state index contributed by atoms with van der Waals surface area (Å²) >= 11 is 1.82. The third-order valence-corrected chi connectivity index (χ3v) is 5.36. The molecule has 3 aromatic rings. The first kappa shape index (κ1) is 18.2. The molecular formula is C23H25N2S+. The molecule has 1 aromatic heterocycles. The molecule has 0 bridgehead atoms. The van der Waals surface area contributed by atoms with Gasteiger partial charge in [-0.2, -0.15) is 4.57 Å². The zero-order chi connectivity index (χ0) is 18.5. The van der Waals surface area contributed by atoms with Gasteiger partial charge in [-0.15, -0.1) is 0 Å². The fourth-order valence-corrected chi connectivity index (χ4v) is 4.01. The third kappa shape index (κ3) is 4.12. The van der Waals surface area contributed by atoms with Crippen LogP contribution in [0, 0.1) is 0 Å². The van der Waals surface area contributed by atoms with Crippen LogP contribution in [0.25, 0.3) is 22.4 Å². The van der Waals surface area contributed by atoms with Gasteiger partial charge in [0.1, 0.15) is 4.70 Å². The fraction of sp³-hybridized carbons (Fsp3) is 0.174. The first-order valence-electron chi connectivity index (χ1n) is 8.74. The number of aromatic nitrogens is 1. The van der Waals surface area contributed by atoms with Crippen LogP contribution in [0.4, 0.5) is 5.69 Å². The highest BCUT2D eigenvalue weighted by molar-refractivity contribution is 7.18. The molecule has 1 heterocycles. The normalized spacial score (nSPS) is 12.0. The molecule has 2 nitrogen and oxygen atoms in total. The molecule has 132 valence electrons. The highest BCUT2D eigenvalue weighted by atomic mass is 32.1. The summed E-state index contributed by atoms with van der Waals surface area (Å²) in [5.74, 6) is 0. The second kappa shape index (κ2) is 8.15. The van der Waals surface area contributed by atoms with Gasteiger partial charge in [-0.25, -0.2) is 0 Å². The average molecular weight is 362 g/mol. The SMILES string of the molecule is C=CC[n+]1c(/C=C(C)/C=C/c2ccc(N(C)C)cc2)sc2ccccc21. The van der Waals surface area contributed by atoms with Gasteiger partial charge in [-0.3, -0.25) is 0 Å². The molecule has 0 N–H and O–H groups in total. The van der Waals surface area contributed by atoms with Crippen LogP contribution in [0.15, 0.2) is 72.8 Å². The van der Waals surface area contributed by atoms with Crippen LogP contribution >= 0.6 is 11.3 Å². The zero-order valence-electron chi connectivity index (χ0n) is 15.6. The number of fused-ring (bicyclic) bond motifs is 1. The van der Waals surface area contributed by atoms with E-state index in [1.54, 1.807) is 0 Å². The molecule has 3 rings (SSSR count). The zero-order valence-corrected chi connectivity index (χ0v) is 16.5. The maximum atomic E-state index is 3.90. The summed E-state index contributed by atoms with van der Waals surface area (Å²) in [6.45, 7) is 6.87. The van der Waals surface area contributed by atoms with Gasteiger partial charge < -0.3 is 4.90 Å². The molecule has 0 saturated carbocycles. The lowest BCUT2D eigenvalue weighted by Crippen LogP contribution is -2.33. The third-order valence-electron chi connectivity index (χ3n) is 4.25. The highest BCUT2D eigenvalue weighted by Gasteiger charge is 2.16. The molecular weight excluding hydrogens is 336 g/mol. The van der Waals surface area contributed by atoms with Gasteiger partial charge >= 0.3 is 0 Å². The van der Waals surface area contributed by atoms with Gasteiger partial charge in [0, 0.05) is 31.9 Å². The Bertz CT molecular complexity index is 960. The molecule has 0 aliphatic heterocycles. The molecule has 26 heavy (non-hydrogen) atoms. The van der Waals surface area contributed by atoms with Crippen molar-refractivity contribution >= 4 is 39.4 Å². The predicted molar refractivity (Wildman–Crippen MR) is 116 cm³/mol. The summed E-state index contributed by atoms with van der Waals surface area (Å²) in [5.41, 5.74) is 4.91. The average Bonchev–Trinajstić information content (AvgIpc) is 2.98. The molecule has 0 aliphatic rings. The van der Waals surface area contributed by atoms with E-state index in [4.69, 9.17) is 0 Å². The van der Waals surface area contributed by atoms with Gasteiger partial charge in [0.15, 0.2) is 6.54 Å². The largest absolute Gasteiger partial charge is 0.378 e. The standard InChI is InChI=1S/C23H25N2S/c1-5-16-25-21-8-6-7-9-22(21)26-23(25)17-18(2)10-11-19-12-14-20(15-13-19)24(3)4/h5-15,17H,1,16H2,2-4H3/q+1. The van der Waals surface area contributed by atoms with Crippen LogP contribution in [-0.4, -0.2) is 14.1 Å². The number of allylic oxidation sites excluding steroid dienone is 3. The van der Waals surface area contributed by atoms with E-state index in [1.807, 2.05) is 17.4 Å². The number of hydrogen-bond donors (Lipinski definition) is 0. The number of thiazole rings is 1. The molecule has 0 amide bonds. The summed E-state index contributed by atoms with van der Waals surface area (Å²) in [6, 6.07) is 17.1. The minimum absolute atomic E-state index is 0.818. The van der Waals surface area contributed by atoms with Crippen molar-refractivity contribution in [2.24, 2.45) is 0 Å². The topological polar surface area (TPSA) is 7.12 Å². The summed E-state index contributed by atoms with van der Waals surface area (Å²) < 4.78 is 3.62. The van der Waals surface area contributed by atoms with Gasteiger partial charge in [-0.05, 0) is 42.3 Å². The number of benzene rings is 2. The van der Waals surface area contributed by atoms with Crippen molar-refractivity contribution in [3.8, 4) is 0 Å². The van der Waals surface area contributed by atoms with Crippen molar-refractivity contribution in [1.29, 1.82) is 0 Å². The predicted octanol–water partition coefficient (Wildman–Crippen LogP) is 5.56. The lowest BCUT2D eigenvalue weighted by molar-refractivity contribution is -0.658. The Balaban J connectivity index is 1.86. The molecule has 0 unspecified atom stereocenters. The van der Waals surface area contributed by atoms with Crippen molar-refractivity contribution in [2.75, 3.05) is 19.0 Å². The number of nitrogens with zero attached hydrogens (tertiary/aromatic N) is 2. The van der Waals surface area contributed by atoms with Crippen molar-refractivity contribution in [1.82, 2.24) is 0 Å². The number of rotatable bonds is 6. The van der Waals surface area contributed by atoms with Gasteiger partial charge in [0.25, 0.3) is 5.01 Å². The highest BCUT2D eigenvalue weighted by Crippen LogP contribution is 2.22. The molecule has 0 aliphatic carbocycles. The Labute approximate surface area is 160 Å². The summed E-state index contributed by atoms with van der Waals surface area (Å²) in [6.07, 6.45) is 8.54. The van der Waals surface area contributed by atoms with Crippen molar-refractivity contribution < 1.29 is 4.57 Å². The maximum Gasteiger partial charge on any atom is 0.263 e. The Morgan fingerprint density at radius 2 is 1.85 bits per heavy atom. The number of para-hydroxylation sites is 1. The van der Waals surface area contributed by atoms with Gasteiger partial charge in [0.05, 0.1) is 0 Å². The van der Waals surface area contributed by atoms with E-state index in [0.717, 1.165) is 6.54 Å². The fourth-order valence-electron chi connectivity index (χ4n) is 2.83. The molecule has 0 saturated heterocycles. The lowest BCUT2D eigenvalue weighted by Gasteiger charge is -2.11. The van der Waals surface area contributed by atoms with Gasteiger partial charge in [-0.1, -0.05) is 54.3 Å². The Hall–Kier alpha value is -2.65. The molecule has 0 radical (unpaired) electrons. The quantitative estimate of drug-likeness (QED) is 0.317.